The summed E-state index contributed by atoms with van der Waals surface area (Å²) in [6, 6.07) is 12.5. The molecule has 0 aliphatic rings. The molecule has 2 aromatic rings. The predicted molar refractivity (Wildman–Crippen MR) is 104 cm³/mol. The van der Waals surface area contributed by atoms with Crippen molar-refractivity contribution >= 4 is 46.4 Å². The lowest BCUT2D eigenvalue weighted by atomic mass is 10.1. The summed E-state index contributed by atoms with van der Waals surface area (Å²) >= 11 is 18.2. The molecule has 4 nitrogen and oxygen atoms in total. The summed E-state index contributed by atoms with van der Waals surface area (Å²) in [4.78, 5) is 12.5. The van der Waals surface area contributed by atoms with Crippen molar-refractivity contribution in [3.63, 3.8) is 0 Å². The minimum absolute atomic E-state index is 0.364. The van der Waals surface area contributed by atoms with E-state index in [1.54, 1.807) is 31.4 Å². The number of halogens is 3. The van der Waals surface area contributed by atoms with Crippen LogP contribution in [0.3, 0.4) is 0 Å². The molecule has 0 aromatic heterocycles. The fraction of sp³-hybridized carbons (Fsp3) is 0.278. The normalized spacial score (nSPS) is 12.4. The number of nitrogens with one attached hydrogen (secondary N) is 2. The molecule has 0 fully saturated rings. The van der Waals surface area contributed by atoms with Crippen molar-refractivity contribution in [2.45, 2.75) is 23.8 Å². The Bertz CT molecular complexity index is 743. The van der Waals surface area contributed by atoms with Gasteiger partial charge in [0.15, 0.2) is 0 Å². The first kappa shape index (κ1) is 19.7. The highest BCUT2D eigenvalue weighted by Crippen LogP contribution is 2.32. The zero-order valence-electron chi connectivity index (χ0n) is 14.1. The summed E-state index contributed by atoms with van der Waals surface area (Å²) in [6.45, 7) is 3.90. The van der Waals surface area contributed by atoms with Crippen molar-refractivity contribution in [3.05, 3.63) is 59.2 Å². The Labute approximate surface area is 162 Å². The minimum atomic E-state index is -1.74. The van der Waals surface area contributed by atoms with Gasteiger partial charge in [0.1, 0.15) is 11.9 Å². The van der Waals surface area contributed by atoms with E-state index < -0.39 is 9.96 Å². The quantitative estimate of drug-likeness (QED) is 0.556. The third-order valence-electron chi connectivity index (χ3n) is 3.65. The number of benzene rings is 2. The van der Waals surface area contributed by atoms with E-state index in [0.29, 0.717) is 11.3 Å². The maximum atomic E-state index is 12.5. The summed E-state index contributed by atoms with van der Waals surface area (Å²) in [7, 11) is 1.56. The van der Waals surface area contributed by atoms with Crippen LogP contribution in [0.1, 0.15) is 21.5 Å². The molecular formula is C18H19Cl3N2O2. The molecule has 1 unspecified atom stereocenters. The van der Waals surface area contributed by atoms with E-state index in [9.17, 15) is 4.79 Å². The largest absolute Gasteiger partial charge is 0.497 e. The summed E-state index contributed by atoms with van der Waals surface area (Å²) in [5.41, 5.74) is 3.25. The highest BCUT2D eigenvalue weighted by molar-refractivity contribution is 6.68. The Hall–Kier alpha value is -1.62. The zero-order valence-corrected chi connectivity index (χ0v) is 16.3. The first-order chi connectivity index (χ1) is 11.7. The van der Waals surface area contributed by atoms with Gasteiger partial charge in [0.25, 0.3) is 5.91 Å². The summed E-state index contributed by atoms with van der Waals surface area (Å²) < 4.78 is 3.34. The lowest BCUT2D eigenvalue weighted by molar-refractivity contribution is 0.0942. The lowest BCUT2D eigenvalue weighted by Gasteiger charge is -2.28. The molecular weight excluding hydrogens is 383 g/mol. The fourth-order valence-corrected chi connectivity index (χ4v) is 2.53. The van der Waals surface area contributed by atoms with Crippen LogP contribution in [0.25, 0.3) is 0 Å². The first-order valence-corrected chi connectivity index (χ1v) is 8.69. The smallest absolute Gasteiger partial charge is 0.252 e. The molecule has 0 saturated heterocycles. The number of alkyl halides is 3. The molecule has 134 valence electrons. The predicted octanol–water partition coefficient (Wildman–Crippen LogP) is 4.85. The molecule has 0 radical (unpaired) electrons. The van der Waals surface area contributed by atoms with Gasteiger partial charge in [-0.05, 0) is 55.3 Å². The third kappa shape index (κ3) is 5.43. The number of amides is 1. The number of hydrogen-bond donors (Lipinski definition) is 2. The Morgan fingerprint density at radius 3 is 2.28 bits per heavy atom. The number of ether oxygens (including phenoxy) is 1. The number of anilines is 1. The molecule has 0 saturated carbocycles. The summed E-state index contributed by atoms with van der Waals surface area (Å²) in [6.07, 6.45) is -0.910. The highest BCUT2D eigenvalue weighted by atomic mass is 35.6. The van der Waals surface area contributed by atoms with Crippen molar-refractivity contribution < 1.29 is 9.53 Å². The molecule has 2 N–H and O–H groups in total. The van der Waals surface area contributed by atoms with Crippen LogP contribution in [-0.4, -0.2) is 23.0 Å². The molecule has 0 bridgehead atoms. The average molecular weight is 402 g/mol. The van der Waals surface area contributed by atoms with Crippen LogP contribution in [0.5, 0.6) is 5.75 Å². The summed E-state index contributed by atoms with van der Waals surface area (Å²) in [5, 5.41) is 5.82. The van der Waals surface area contributed by atoms with E-state index in [0.717, 1.165) is 16.8 Å². The molecule has 7 heteroatoms. The molecule has 1 atom stereocenters. The second-order valence-corrected chi connectivity index (χ2v) is 8.01. The topological polar surface area (TPSA) is 50.4 Å². The number of methoxy groups -OCH3 is 1. The van der Waals surface area contributed by atoms with E-state index in [1.165, 1.54) is 0 Å². The maximum absolute atomic E-state index is 12.5. The van der Waals surface area contributed by atoms with Crippen molar-refractivity contribution in [3.8, 4) is 5.75 Å². The molecule has 0 aliphatic heterocycles. The van der Waals surface area contributed by atoms with Gasteiger partial charge in [0, 0.05) is 11.3 Å². The Kier molecular flexibility index (Phi) is 6.44. The first-order valence-electron chi connectivity index (χ1n) is 7.56. The van der Waals surface area contributed by atoms with E-state index in [2.05, 4.69) is 10.6 Å². The van der Waals surface area contributed by atoms with Crippen LogP contribution < -0.4 is 15.4 Å². The molecule has 0 aliphatic carbocycles. The van der Waals surface area contributed by atoms with Gasteiger partial charge < -0.3 is 15.4 Å². The van der Waals surface area contributed by atoms with E-state index >= 15 is 0 Å². The van der Waals surface area contributed by atoms with Crippen molar-refractivity contribution in [1.29, 1.82) is 0 Å². The van der Waals surface area contributed by atoms with Crippen LogP contribution in [0.4, 0.5) is 5.69 Å². The monoisotopic (exact) mass is 400 g/mol. The molecule has 0 heterocycles. The van der Waals surface area contributed by atoms with Gasteiger partial charge in [-0.2, -0.15) is 0 Å². The third-order valence-corrected chi connectivity index (χ3v) is 4.30. The number of carbonyl (C=O) groups excluding carboxylic acids is 1. The fourth-order valence-electron chi connectivity index (χ4n) is 2.20. The zero-order chi connectivity index (χ0) is 18.6. The molecule has 0 spiro atoms. The summed E-state index contributed by atoms with van der Waals surface area (Å²) in [5.74, 6) is 0.291. The maximum Gasteiger partial charge on any atom is 0.252 e. The van der Waals surface area contributed by atoms with E-state index in [-0.39, 0.29) is 5.91 Å². The van der Waals surface area contributed by atoms with Gasteiger partial charge in [0.05, 0.1) is 7.11 Å². The van der Waals surface area contributed by atoms with Crippen molar-refractivity contribution in [2.24, 2.45) is 0 Å². The highest BCUT2D eigenvalue weighted by Gasteiger charge is 2.34. The van der Waals surface area contributed by atoms with Gasteiger partial charge >= 0.3 is 0 Å². The van der Waals surface area contributed by atoms with Crippen molar-refractivity contribution in [1.82, 2.24) is 5.32 Å². The number of aryl methyl sites for hydroxylation is 2. The van der Waals surface area contributed by atoms with Gasteiger partial charge in [-0.25, -0.2) is 0 Å². The van der Waals surface area contributed by atoms with Crippen LogP contribution in [0.2, 0.25) is 0 Å². The van der Waals surface area contributed by atoms with E-state index in [1.807, 2.05) is 32.0 Å². The Morgan fingerprint density at radius 2 is 1.72 bits per heavy atom. The molecule has 2 rings (SSSR count). The average Bonchev–Trinajstić information content (AvgIpc) is 2.56. The van der Waals surface area contributed by atoms with Crippen LogP contribution in [-0.2, 0) is 0 Å². The SMILES string of the molecule is COc1ccc(C(=O)NC(Nc2cc(C)ccc2C)C(Cl)(Cl)Cl)cc1. The van der Waals surface area contributed by atoms with Gasteiger partial charge in [-0.15, -0.1) is 0 Å². The number of hydrogen-bond acceptors (Lipinski definition) is 3. The van der Waals surface area contributed by atoms with Gasteiger partial charge in [-0.3, -0.25) is 4.79 Å². The van der Waals surface area contributed by atoms with Gasteiger partial charge in [0.2, 0.25) is 3.79 Å². The number of carbonyl (C=O) groups is 1. The lowest BCUT2D eigenvalue weighted by Crippen LogP contribution is -2.49. The second-order valence-electron chi connectivity index (χ2n) is 5.64. The second kappa shape index (κ2) is 8.17. The Balaban J connectivity index is 2.20. The number of rotatable bonds is 5. The van der Waals surface area contributed by atoms with Crippen LogP contribution in [0, 0.1) is 13.8 Å². The minimum Gasteiger partial charge on any atom is -0.497 e. The van der Waals surface area contributed by atoms with Gasteiger partial charge in [-0.1, -0.05) is 46.9 Å². The molecule has 2 aromatic carbocycles. The molecule has 25 heavy (non-hydrogen) atoms. The molecule has 1 amide bonds. The Morgan fingerprint density at radius 1 is 1.08 bits per heavy atom. The van der Waals surface area contributed by atoms with E-state index in [4.69, 9.17) is 39.5 Å². The standard InChI is InChI=1S/C18H19Cl3N2O2/c1-11-4-5-12(2)15(10-11)22-17(18(19,20)21)23-16(24)13-6-8-14(25-3)9-7-13/h4-10,17,22H,1-3H3,(H,23,24). The van der Waals surface area contributed by atoms with Crippen LogP contribution in [0.15, 0.2) is 42.5 Å². The van der Waals surface area contributed by atoms with Crippen LogP contribution >= 0.6 is 34.8 Å². The van der Waals surface area contributed by atoms with Crippen molar-refractivity contribution in [2.75, 3.05) is 12.4 Å².